The Kier molecular flexibility index (Phi) is 4.81. The fourth-order valence-corrected chi connectivity index (χ4v) is 4.86. The number of aromatic nitrogens is 3. The highest BCUT2D eigenvalue weighted by Gasteiger charge is 2.44. The standard InChI is InChI=1S/C23H23F2N5O/c1-28-14-20-26-27-21(16-2-6-18(24)7-3-16)30(20)23(15-28)10-12-29(13-11-23)22(31)17-4-8-19(25)9-5-17/h2-9H,10-15H2,1H3. The summed E-state index contributed by atoms with van der Waals surface area (Å²) in [5.41, 5.74) is 1.08. The molecule has 0 unspecified atom stereocenters. The molecule has 6 nitrogen and oxygen atoms in total. The molecule has 5 rings (SSSR count). The van der Waals surface area contributed by atoms with Crippen LogP contribution in [0.15, 0.2) is 48.5 Å². The van der Waals surface area contributed by atoms with E-state index in [2.05, 4.69) is 26.7 Å². The molecule has 0 atom stereocenters. The highest BCUT2D eigenvalue weighted by molar-refractivity contribution is 5.94. The summed E-state index contributed by atoms with van der Waals surface area (Å²) in [6.07, 6.45) is 1.51. The summed E-state index contributed by atoms with van der Waals surface area (Å²) in [7, 11) is 2.06. The fourth-order valence-electron chi connectivity index (χ4n) is 4.86. The molecule has 0 bridgehead atoms. The Labute approximate surface area is 179 Å². The molecule has 31 heavy (non-hydrogen) atoms. The monoisotopic (exact) mass is 423 g/mol. The minimum absolute atomic E-state index is 0.0817. The van der Waals surface area contributed by atoms with Crippen molar-refractivity contribution in [2.45, 2.75) is 24.9 Å². The first-order valence-electron chi connectivity index (χ1n) is 10.4. The van der Waals surface area contributed by atoms with Gasteiger partial charge in [-0.1, -0.05) is 0 Å². The van der Waals surface area contributed by atoms with Crippen molar-refractivity contribution >= 4 is 5.91 Å². The molecule has 2 aromatic carbocycles. The quantitative estimate of drug-likeness (QED) is 0.635. The molecule has 1 amide bonds. The zero-order valence-electron chi connectivity index (χ0n) is 17.3. The summed E-state index contributed by atoms with van der Waals surface area (Å²) >= 11 is 0. The number of amides is 1. The molecule has 1 fully saturated rings. The number of likely N-dealkylation sites (tertiary alicyclic amines) is 1. The lowest BCUT2D eigenvalue weighted by molar-refractivity contribution is 0.0410. The predicted octanol–water partition coefficient (Wildman–Crippen LogP) is 3.30. The van der Waals surface area contributed by atoms with E-state index in [1.54, 1.807) is 12.1 Å². The third-order valence-electron chi connectivity index (χ3n) is 6.35. The minimum atomic E-state index is -0.354. The molecule has 2 aliphatic rings. The van der Waals surface area contributed by atoms with Crippen LogP contribution in [0.25, 0.3) is 11.4 Å². The van der Waals surface area contributed by atoms with Crippen LogP contribution in [0.3, 0.4) is 0 Å². The van der Waals surface area contributed by atoms with Gasteiger partial charge in [0.1, 0.15) is 17.5 Å². The maximum absolute atomic E-state index is 13.4. The number of hydrogen-bond donors (Lipinski definition) is 0. The topological polar surface area (TPSA) is 54.3 Å². The van der Waals surface area contributed by atoms with Crippen molar-refractivity contribution in [1.29, 1.82) is 0 Å². The van der Waals surface area contributed by atoms with Gasteiger partial charge in [-0.2, -0.15) is 0 Å². The number of hydrogen-bond acceptors (Lipinski definition) is 4. The maximum atomic E-state index is 13.4. The number of fused-ring (bicyclic) bond motifs is 2. The molecule has 8 heteroatoms. The first-order chi connectivity index (χ1) is 14.9. The third kappa shape index (κ3) is 3.50. The lowest BCUT2D eigenvalue weighted by Crippen LogP contribution is -2.56. The number of carbonyl (C=O) groups is 1. The zero-order chi connectivity index (χ0) is 21.6. The first-order valence-corrected chi connectivity index (χ1v) is 10.4. The molecular weight excluding hydrogens is 400 g/mol. The Morgan fingerprint density at radius 3 is 2.19 bits per heavy atom. The molecule has 0 radical (unpaired) electrons. The van der Waals surface area contributed by atoms with E-state index in [-0.39, 0.29) is 23.1 Å². The van der Waals surface area contributed by atoms with Crippen LogP contribution in [-0.2, 0) is 12.1 Å². The van der Waals surface area contributed by atoms with Crippen LogP contribution in [-0.4, -0.2) is 57.2 Å². The number of nitrogens with zero attached hydrogens (tertiary/aromatic N) is 5. The van der Waals surface area contributed by atoms with Crippen molar-refractivity contribution in [3.8, 4) is 11.4 Å². The van der Waals surface area contributed by atoms with Gasteiger partial charge in [-0.3, -0.25) is 9.69 Å². The molecule has 1 aromatic heterocycles. The summed E-state index contributed by atoms with van der Waals surface area (Å²) < 4.78 is 28.9. The minimum Gasteiger partial charge on any atom is -0.338 e. The van der Waals surface area contributed by atoms with Gasteiger partial charge in [-0.25, -0.2) is 8.78 Å². The Hall–Kier alpha value is -3.13. The van der Waals surface area contributed by atoms with Crippen LogP contribution in [0, 0.1) is 11.6 Å². The van der Waals surface area contributed by atoms with Gasteiger partial charge in [0.25, 0.3) is 5.91 Å². The Morgan fingerprint density at radius 1 is 0.935 bits per heavy atom. The highest BCUT2D eigenvalue weighted by Crippen LogP contribution is 2.39. The smallest absolute Gasteiger partial charge is 0.253 e. The summed E-state index contributed by atoms with van der Waals surface area (Å²) in [4.78, 5) is 16.9. The Morgan fingerprint density at radius 2 is 1.55 bits per heavy atom. The molecule has 3 aromatic rings. The van der Waals surface area contributed by atoms with Crippen molar-refractivity contribution in [3.63, 3.8) is 0 Å². The largest absolute Gasteiger partial charge is 0.338 e. The lowest BCUT2D eigenvalue weighted by atomic mass is 9.84. The molecule has 3 heterocycles. The summed E-state index contributed by atoms with van der Waals surface area (Å²) in [5, 5.41) is 8.87. The third-order valence-corrected chi connectivity index (χ3v) is 6.35. The van der Waals surface area contributed by atoms with Gasteiger partial charge in [0.15, 0.2) is 5.82 Å². The predicted molar refractivity (Wildman–Crippen MR) is 111 cm³/mol. The van der Waals surface area contributed by atoms with Gasteiger partial charge in [0.2, 0.25) is 0 Å². The van der Waals surface area contributed by atoms with Crippen molar-refractivity contribution in [2.24, 2.45) is 0 Å². The molecule has 0 saturated carbocycles. The van der Waals surface area contributed by atoms with Crippen LogP contribution in [0.4, 0.5) is 8.78 Å². The number of carbonyl (C=O) groups excluding carboxylic acids is 1. The number of halogens is 2. The van der Waals surface area contributed by atoms with Gasteiger partial charge < -0.3 is 9.47 Å². The van der Waals surface area contributed by atoms with E-state index < -0.39 is 0 Å². The number of piperidine rings is 1. The van der Waals surface area contributed by atoms with E-state index in [0.29, 0.717) is 25.2 Å². The van der Waals surface area contributed by atoms with Crippen LogP contribution in [0.2, 0.25) is 0 Å². The van der Waals surface area contributed by atoms with Crippen molar-refractivity contribution in [3.05, 3.63) is 71.6 Å². The van der Waals surface area contributed by atoms with E-state index in [9.17, 15) is 13.6 Å². The second-order valence-electron chi connectivity index (χ2n) is 8.48. The van der Waals surface area contributed by atoms with Crippen LogP contribution in [0.1, 0.15) is 29.0 Å². The van der Waals surface area contributed by atoms with Gasteiger partial charge >= 0.3 is 0 Å². The van der Waals surface area contributed by atoms with Gasteiger partial charge in [-0.05, 0) is 68.4 Å². The van der Waals surface area contributed by atoms with Gasteiger partial charge in [-0.15, -0.1) is 10.2 Å². The fraction of sp³-hybridized carbons (Fsp3) is 0.348. The Balaban J connectivity index is 1.44. The summed E-state index contributed by atoms with van der Waals surface area (Å²) in [6, 6.07) is 12.0. The second-order valence-corrected chi connectivity index (χ2v) is 8.48. The maximum Gasteiger partial charge on any atom is 0.253 e. The lowest BCUT2D eigenvalue weighted by Gasteiger charge is -2.48. The van der Waals surface area contributed by atoms with E-state index in [1.807, 2.05) is 4.90 Å². The van der Waals surface area contributed by atoms with Crippen molar-refractivity contribution in [2.75, 3.05) is 26.7 Å². The van der Waals surface area contributed by atoms with Crippen molar-refractivity contribution < 1.29 is 13.6 Å². The second kappa shape index (κ2) is 7.53. The molecule has 1 saturated heterocycles. The number of likely N-dealkylation sites (N-methyl/N-ethyl adjacent to an activating group) is 1. The highest BCUT2D eigenvalue weighted by atomic mass is 19.1. The molecule has 160 valence electrons. The van der Waals surface area contributed by atoms with Gasteiger partial charge in [0, 0.05) is 30.8 Å². The summed E-state index contributed by atoms with van der Waals surface area (Å²) in [6.45, 7) is 2.69. The Bertz CT molecular complexity index is 1100. The molecule has 0 aliphatic carbocycles. The van der Waals surface area contributed by atoms with Crippen LogP contribution in [0.5, 0.6) is 0 Å². The molecule has 0 N–H and O–H groups in total. The SMILES string of the molecule is CN1Cc2nnc(-c3ccc(F)cc3)n2C2(CCN(C(=O)c3ccc(F)cc3)CC2)C1. The van der Waals surface area contributed by atoms with E-state index in [0.717, 1.165) is 36.6 Å². The van der Waals surface area contributed by atoms with E-state index >= 15 is 0 Å². The van der Waals surface area contributed by atoms with Crippen LogP contribution < -0.4 is 0 Å². The van der Waals surface area contributed by atoms with E-state index in [4.69, 9.17) is 0 Å². The van der Waals surface area contributed by atoms with Crippen LogP contribution >= 0.6 is 0 Å². The molecule has 1 spiro atoms. The van der Waals surface area contributed by atoms with E-state index in [1.165, 1.54) is 36.4 Å². The average Bonchev–Trinajstić information content (AvgIpc) is 3.19. The average molecular weight is 423 g/mol. The normalized spacial score (nSPS) is 18.2. The summed E-state index contributed by atoms with van der Waals surface area (Å²) in [5.74, 6) is 0.895. The number of benzene rings is 2. The number of rotatable bonds is 2. The molecule has 2 aliphatic heterocycles. The van der Waals surface area contributed by atoms with Gasteiger partial charge in [0.05, 0.1) is 12.1 Å². The first kappa shape index (κ1) is 19.8. The molecular formula is C23H23F2N5O. The van der Waals surface area contributed by atoms with Crippen molar-refractivity contribution in [1.82, 2.24) is 24.6 Å². The zero-order valence-corrected chi connectivity index (χ0v) is 17.3.